The van der Waals surface area contributed by atoms with E-state index in [1.165, 1.54) is 0 Å². The van der Waals surface area contributed by atoms with Gasteiger partial charge >= 0.3 is 0 Å². The van der Waals surface area contributed by atoms with Crippen LogP contribution in [0.4, 0.5) is 0 Å². The van der Waals surface area contributed by atoms with Gasteiger partial charge in [-0.05, 0) is 49.4 Å². The molecule has 1 fully saturated rings. The summed E-state index contributed by atoms with van der Waals surface area (Å²) in [5.74, 6) is 0. The molecule has 0 spiro atoms. The predicted molar refractivity (Wildman–Crippen MR) is 67.2 cm³/mol. The molecule has 17 heavy (non-hydrogen) atoms. The molecule has 3 N–H and O–H groups in total. The molecule has 5 heteroatoms. The van der Waals surface area contributed by atoms with Crippen LogP contribution in [0.25, 0.3) is 0 Å². The molecule has 0 amide bonds. The fraction of sp³-hybridized carbons (Fsp3) is 0.500. The highest BCUT2D eigenvalue weighted by Gasteiger charge is 2.29. The molecule has 4 nitrogen and oxygen atoms in total. The van der Waals surface area contributed by atoms with E-state index in [4.69, 9.17) is 5.73 Å². The Labute approximate surface area is 102 Å². The van der Waals surface area contributed by atoms with E-state index >= 15 is 0 Å². The maximum atomic E-state index is 12.1. The van der Waals surface area contributed by atoms with Crippen molar-refractivity contribution in [1.82, 2.24) is 4.72 Å². The van der Waals surface area contributed by atoms with Crippen LogP contribution in [0.15, 0.2) is 17.0 Å². The number of benzene rings is 1. The van der Waals surface area contributed by atoms with Crippen LogP contribution in [-0.4, -0.2) is 14.5 Å². The summed E-state index contributed by atoms with van der Waals surface area (Å²) in [6.45, 7) is 4.12. The van der Waals surface area contributed by atoms with Crippen molar-refractivity contribution in [3.8, 4) is 0 Å². The summed E-state index contributed by atoms with van der Waals surface area (Å²) < 4.78 is 27.0. The highest BCUT2D eigenvalue weighted by molar-refractivity contribution is 7.89. The molecule has 0 radical (unpaired) electrons. The molecule has 1 aliphatic carbocycles. The first-order valence-electron chi connectivity index (χ1n) is 5.76. The molecule has 1 aliphatic rings. The number of nitrogens with one attached hydrogen (secondary N) is 1. The fourth-order valence-corrected chi connectivity index (χ4v) is 3.45. The molecule has 1 aromatic rings. The van der Waals surface area contributed by atoms with Crippen LogP contribution in [0.2, 0.25) is 0 Å². The van der Waals surface area contributed by atoms with Crippen LogP contribution in [-0.2, 0) is 16.6 Å². The van der Waals surface area contributed by atoms with Crippen LogP contribution < -0.4 is 10.5 Å². The van der Waals surface area contributed by atoms with E-state index < -0.39 is 10.0 Å². The number of hydrogen-bond donors (Lipinski definition) is 2. The van der Waals surface area contributed by atoms with Gasteiger partial charge in [0, 0.05) is 12.6 Å². The maximum Gasteiger partial charge on any atom is 0.241 e. The molecule has 0 unspecified atom stereocenters. The quantitative estimate of drug-likeness (QED) is 0.848. The average Bonchev–Trinajstić information content (AvgIpc) is 3.00. The second-order valence-electron chi connectivity index (χ2n) is 4.64. The highest BCUT2D eigenvalue weighted by atomic mass is 32.2. The summed E-state index contributed by atoms with van der Waals surface area (Å²) in [5.41, 5.74) is 8.30. The van der Waals surface area contributed by atoms with Gasteiger partial charge in [-0.2, -0.15) is 0 Å². The fourth-order valence-electron chi connectivity index (χ4n) is 1.87. The van der Waals surface area contributed by atoms with Crippen LogP contribution in [0.1, 0.15) is 29.5 Å². The first-order chi connectivity index (χ1) is 7.94. The Bertz CT molecular complexity index is 534. The molecule has 0 atom stereocenters. The van der Waals surface area contributed by atoms with Gasteiger partial charge in [0.2, 0.25) is 10.0 Å². The number of aryl methyl sites for hydroxylation is 2. The van der Waals surface area contributed by atoms with E-state index in [2.05, 4.69) is 4.72 Å². The van der Waals surface area contributed by atoms with Crippen molar-refractivity contribution < 1.29 is 8.42 Å². The van der Waals surface area contributed by atoms with Crippen molar-refractivity contribution in [3.05, 3.63) is 28.8 Å². The second kappa shape index (κ2) is 4.40. The summed E-state index contributed by atoms with van der Waals surface area (Å²) in [5, 5.41) is 0. The van der Waals surface area contributed by atoms with Crippen molar-refractivity contribution in [2.45, 2.75) is 44.2 Å². The molecule has 0 saturated heterocycles. The lowest BCUT2D eigenvalue weighted by Crippen LogP contribution is -2.26. The summed E-state index contributed by atoms with van der Waals surface area (Å²) in [6, 6.07) is 3.70. The van der Waals surface area contributed by atoms with Gasteiger partial charge in [0.15, 0.2) is 0 Å². The van der Waals surface area contributed by atoms with E-state index in [1.807, 2.05) is 19.9 Å². The first-order valence-corrected chi connectivity index (χ1v) is 7.25. The normalized spacial score (nSPS) is 16.2. The number of nitrogens with two attached hydrogens (primary N) is 1. The van der Waals surface area contributed by atoms with Gasteiger partial charge in [0.25, 0.3) is 0 Å². The summed E-state index contributed by atoms with van der Waals surface area (Å²) in [7, 11) is -3.38. The Balaban J connectivity index is 2.43. The monoisotopic (exact) mass is 254 g/mol. The van der Waals surface area contributed by atoms with Gasteiger partial charge in [-0.25, -0.2) is 13.1 Å². The summed E-state index contributed by atoms with van der Waals surface area (Å²) >= 11 is 0. The molecule has 0 aliphatic heterocycles. The highest BCUT2D eigenvalue weighted by Crippen LogP contribution is 2.25. The molecule has 94 valence electrons. The van der Waals surface area contributed by atoms with Crippen molar-refractivity contribution in [2.24, 2.45) is 5.73 Å². The lowest BCUT2D eigenvalue weighted by molar-refractivity contribution is 0.580. The lowest BCUT2D eigenvalue weighted by atomic mass is 10.1. The van der Waals surface area contributed by atoms with E-state index in [9.17, 15) is 8.42 Å². The van der Waals surface area contributed by atoms with Crippen molar-refractivity contribution >= 4 is 10.0 Å². The van der Waals surface area contributed by atoms with Crippen LogP contribution in [0.3, 0.4) is 0 Å². The molecule has 0 heterocycles. The van der Waals surface area contributed by atoms with E-state index in [-0.39, 0.29) is 6.04 Å². The molecular weight excluding hydrogens is 236 g/mol. The van der Waals surface area contributed by atoms with Gasteiger partial charge in [-0.3, -0.25) is 0 Å². The average molecular weight is 254 g/mol. The van der Waals surface area contributed by atoms with Gasteiger partial charge in [-0.1, -0.05) is 6.07 Å². The number of sulfonamides is 1. The van der Waals surface area contributed by atoms with Gasteiger partial charge in [0.05, 0.1) is 4.90 Å². The minimum atomic E-state index is -3.38. The Kier molecular flexibility index (Phi) is 3.25. The molecule has 0 aromatic heterocycles. The maximum absolute atomic E-state index is 12.1. The topological polar surface area (TPSA) is 72.2 Å². The largest absolute Gasteiger partial charge is 0.326 e. The Morgan fingerprint density at radius 2 is 1.94 bits per heavy atom. The van der Waals surface area contributed by atoms with Crippen molar-refractivity contribution in [3.63, 3.8) is 0 Å². The zero-order chi connectivity index (χ0) is 12.6. The van der Waals surface area contributed by atoms with Crippen LogP contribution >= 0.6 is 0 Å². The van der Waals surface area contributed by atoms with E-state index in [0.29, 0.717) is 11.4 Å². The molecule has 1 aromatic carbocycles. The third-order valence-electron chi connectivity index (χ3n) is 3.04. The van der Waals surface area contributed by atoms with Crippen LogP contribution in [0.5, 0.6) is 0 Å². The second-order valence-corrected chi connectivity index (χ2v) is 6.33. The van der Waals surface area contributed by atoms with Crippen LogP contribution in [0, 0.1) is 13.8 Å². The number of rotatable bonds is 4. The van der Waals surface area contributed by atoms with Gasteiger partial charge in [-0.15, -0.1) is 0 Å². The minimum Gasteiger partial charge on any atom is -0.326 e. The molecule has 0 bridgehead atoms. The molecule has 2 rings (SSSR count). The Hall–Kier alpha value is -0.910. The van der Waals surface area contributed by atoms with Gasteiger partial charge < -0.3 is 5.73 Å². The van der Waals surface area contributed by atoms with Gasteiger partial charge in [0.1, 0.15) is 0 Å². The first kappa shape index (κ1) is 12.5. The SMILES string of the molecule is Cc1cc(C)c(S(=O)(=O)NC2CC2)cc1CN. The van der Waals surface area contributed by atoms with Crippen molar-refractivity contribution in [1.29, 1.82) is 0 Å². The lowest BCUT2D eigenvalue weighted by Gasteiger charge is -2.12. The zero-order valence-corrected chi connectivity index (χ0v) is 11.0. The van der Waals surface area contributed by atoms with E-state index in [1.54, 1.807) is 6.07 Å². The smallest absolute Gasteiger partial charge is 0.241 e. The predicted octanol–water partition coefficient (Wildman–Crippen LogP) is 1.20. The summed E-state index contributed by atoms with van der Waals surface area (Å²) in [4.78, 5) is 0.357. The molecular formula is C12H18N2O2S. The zero-order valence-electron chi connectivity index (χ0n) is 10.2. The third kappa shape index (κ3) is 2.68. The number of hydrogen-bond acceptors (Lipinski definition) is 3. The Morgan fingerprint density at radius 3 is 2.47 bits per heavy atom. The third-order valence-corrected chi connectivity index (χ3v) is 4.70. The Morgan fingerprint density at radius 1 is 1.29 bits per heavy atom. The van der Waals surface area contributed by atoms with E-state index in [0.717, 1.165) is 29.5 Å². The van der Waals surface area contributed by atoms with Crippen molar-refractivity contribution in [2.75, 3.05) is 0 Å². The summed E-state index contributed by atoms with van der Waals surface area (Å²) in [6.07, 6.45) is 1.88. The minimum absolute atomic E-state index is 0.127. The standard InChI is InChI=1S/C12H18N2O2S/c1-8-5-9(2)12(6-10(8)7-13)17(15,16)14-11-3-4-11/h5-6,11,14H,3-4,7,13H2,1-2H3. The molecule has 1 saturated carbocycles.